The van der Waals surface area contributed by atoms with E-state index in [4.69, 9.17) is 33.7 Å². The summed E-state index contributed by atoms with van der Waals surface area (Å²) in [5.74, 6) is 0.697. The monoisotopic (exact) mass is 330 g/mol. The number of carbonyl (C=O) groups is 1. The predicted octanol–water partition coefficient (Wildman–Crippen LogP) is 3.10. The first kappa shape index (κ1) is 16.4. The number of ether oxygens (including phenoxy) is 1. The van der Waals surface area contributed by atoms with E-state index in [0.717, 1.165) is 19.4 Å². The van der Waals surface area contributed by atoms with Gasteiger partial charge in [0.15, 0.2) is 0 Å². The standard InChI is InChI=1S/C15H20Cl2N2O2/c16-12-5-1-6-13(15(12)17)21-9-3-7-14(20)19-8-2-4-11(18)10-19/h1,5-6,11H,2-4,7-10,18H2. The number of halogens is 2. The number of benzene rings is 1. The molecule has 2 N–H and O–H groups in total. The van der Waals surface area contributed by atoms with E-state index in [2.05, 4.69) is 0 Å². The zero-order valence-electron chi connectivity index (χ0n) is 11.9. The van der Waals surface area contributed by atoms with Gasteiger partial charge in [-0.25, -0.2) is 0 Å². The highest BCUT2D eigenvalue weighted by molar-refractivity contribution is 6.42. The molecular formula is C15H20Cl2N2O2. The second-order valence-corrected chi connectivity index (χ2v) is 6.03. The van der Waals surface area contributed by atoms with E-state index >= 15 is 0 Å². The van der Waals surface area contributed by atoms with Gasteiger partial charge in [-0.1, -0.05) is 29.3 Å². The minimum Gasteiger partial charge on any atom is -0.492 e. The van der Waals surface area contributed by atoms with Crippen molar-refractivity contribution in [2.45, 2.75) is 31.7 Å². The lowest BCUT2D eigenvalue weighted by Crippen LogP contribution is -2.45. The Morgan fingerprint density at radius 3 is 3.00 bits per heavy atom. The topological polar surface area (TPSA) is 55.6 Å². The largest absolute Gasteiger partial charge is 0.492 e. The number of amides is 1. The molecule has 0 aromatic heterocycles. The quantitative estimate of drug-likeness (QED) is 0.844. The van der Waals surface area contributed by atoms with Gasteiger partial charge in [-0.3, -0.25) is 4.79 Å². The number of likely N-dealkylation sites (tertiary alicyclic amines) is 1. The van der Waals surface area contributed by atoms with Gasteiger partial charge in [0.2, 0.25) is 5.91 Å². The van der Waals surface area contributed by atoms with E-state index in [1.54, 1.807) is 18.2 Å². The molecule has 1 saturated heterocycles. The Morgan fingerprint density at radius 1 is 1.43 bits per heavy atom. The summed E-state index contributed by atoms with van der Waals surface area (Å²) in [5.41, 5.74) is 5.88. The van der Waals surface area contributed by atoms with Gasteiger partial charge in [0.1, 0.15) is 10.8 Å². The molecule has 2 rings (SSSR count). The summed E-state index contributed by atoms with van der Waals surface area (Å²) < 4.78 is 5.56. The van der Waals surface area contributed by atoms with Gasteiger partial charge in [0, 0.05) is 25.6 Å². The van der Waals surface area contributed by atoms with Crippen LogP contribution in [0, 0.1) is 0 Å². The molecule has 1 aliphatic heterocycles. The first-order valence-electron chi connectivity index (χ1n) is 7.18. The van der Waals surface area contributed by atoms with Crippen LogP contribution in [0.3, 0.4) is 0 Å². The fourth-order valence-corrected chi connectivity index (χ4v) is 2.74. The third kappa shape index (κ3) is 4.77. The van der Waals surface area contributed by atoms with Crippen LogP contribution in [-0.4, -0.2) is 36.5 Å². The zero-order valence-corrected chi connectivity index (χ0v) is 13.4. The van der Waals surface area contributed by atoms with Crippen LogP contribution < -0.4 is 10.5 Å². The molecule has 0 bridgehead atoms. The lowest BCUT2D eigenvalue weighted by atomic mass is 10.1. The number of rotatable bonds is 5. The summed E-state index contributed by atoms with van der Waals surface area (Å²) in [6.45, 7) is 1.92. The van der Waals surface area contributed by atoms with Crippen molar-refractivity contribution in [3.63, 3.8) is 0 Å². The van der Waals surface area contributed by atoms with E-state index in [1.807, 2.05) is 4.90 Å². The van der Waals surface area contributed by atoms with Crippen molar-refractivity contribution in [1.82, 2.24) is 4.90 Å². The average molecular weight is 331 g/mol. The molecule has 1 atom stereocenters. The van der Waals surface area contributed by atoms with Crippen LogP contribution in [0.15, 0.2) is 18.2 Å². The molecule has 0 spiro atoms. The minimum atomic E-state index is 0.115. The van der Waals surface area contributed by atoms with E-state index < -0.39 is 0 Å². The van der Waals surface area contributed by atoms with Crippen molar-refractivity contribution in [2.24, 2.45) is 5.73 Å². The number of hydrogen-bond donors (Lipinski definition) is 1. The molecule has 0 aliphatic carbocycles. The van der Waals surface area contributed by atoms with Crippen LogP contribution in [0.5, 0.6) is 5.75 Å². The molecule has 1 unspecified atom stereocenters. The van der Waals surface area contributed by atoms with Crippen molar-refractivity contribution in [3.05, 3.63) is 28.2 Å². The summed E-state index contributed by atoms with van der Waals surface area (Å²) in [5, 5.41) is 0.875. The molecule has 1 aromatic carbocycles. The van der Waals surface area contributed by atoms with Crippen molar-refractivity contribution >= 4 is 29.1 Å². The Kier molecular flexibility index (Phi) is 6.15. The maximum absolute atomic E-state index is 12.0. The Morgan fingerprint density at radius 2 is 2.24 bits per heavy atom. The third-order valence-electron chi connectivity index (χ3n) is 3.52. The van der Waals surface area contributed by atoms with Gasteiger partial charge < -0.3 is 15.4 Å². The van der Waals surface area contributed by atoms with Crippen molar-refractivity contribution in [2.75, 3.05) is 19.7 Å². The summed E-state index contributed by atoms with van der Waals surface area (Å²) in [6, 6.07) is 5.37. The van der Waals surface area contributed by atoms with Gasteiger partial charge in [-0.2, -0.15) is 0 Å². The lowest BCUT2D eigenvalue weighted by Gasteiger charge is -2.30. The molecule has 0 saturated carbocycles. The van der Waals surface area contributed by atoms with Gasteiger partial charge in [-0.15, -0.1) is 0 Å². The van der Waals surface area contributed by atoms with Crippen LogP contribution in [-0.2, 0) is 4.79 Å². The normalized spacial score (nSPS) is 18.6. The first-order valence-corrected chi connectivity index (χ1v) is 7.93. The smallest absolute Gasteiger partial charge is 0.222 e. The second kappa shape index (κ2) is 7.87. The van der Waals surface area contributed by atoms with Crippen LogP contribution in [0.2, 0.25) is 10.0 Å². The van der Waals surface area contributed by atoms with E-state index in [9.17, 15) is 4.79 Å². The molecule has 0 radical (unpaired) electrons. The molecule has 21 heavy (non-hydrogen) atoms. The number of nitrogens with zero attached hydrogens (tertiary/aromatic N) is 1. The molecule has 6 heteroatoms. The average Bonchev–Trinajstić information content (AvgIpc) is 2.47. The highest BCUT2D eigenvalue weighted by Crippen LogP contribution is 2.31. The summed E-state index contributed by atoms with van der Waals surface area (Å²) in [7, 11) is 0. The zero-order chi connectivity index (χ0) is 15.2. The Bertz CT molecular complexity index is 497. The number of piperidine rings is 1. The highest BCUT2D eigenvalue weighted by atomic mass is 35.5. The molecule has 1 aromatic rings. The number of nitrogens with two attached hydrogens (primary N) is 1. The number of carbonyl (C=O) groups excluding carboxylic acids is 1. The molecule has 1 amide bonds. The lowest BCUT2D eigenvalue weighted by molar-refractivity contribution is -0.132. The molecule has 4 nitrogen and oxygen atoms in total. The molecule has 1 fully saturated rings. The molecule has 116 valence electrons. The maximum atomic E-state index is 12.0. The Balaban J connectivity index is 1.72. The predicted molar refractivity (Wildman–Crippen MR) is 85.0 cm³/mol. The van der Waals surface area contributed by atoms with Gasteiger partial charge in [-0.05, 0) is 31.4 Å². The summed E-state index contributed by atoms with van der Waals surface area (Å²) >= 11 is 11.9. The van der Waals surface area contributed by atoms with Gasteiger partial charge >= 0.3 is 0 Å². The van der Waals surface area contributed by atoms with Crippen molar-refractivity contribution in [3.8, 4) is 5.75 Å². The van der Waals surface area contributed by atoms with Crippen molar-refractivity contribution in [1.29, 1.82) is 0 Å². The van der Waals surface area contributed by atoms with Gasteiger partial charge in [0.05, 0.1) is 11.6 Å². The minimum absolute atomic E-state index is 0.115. The first-order chi connectivity index (χ1) is 10.1. The SMILES string of the molecule is NC1CCCN(C(=O)CCCOc2cccc(Cl)c2Cl)C1. The summed E-state index contributed by atoms with van der Waals surface area (Å²) in [6.07, 6.45) is 3.10. The van der Waals surface area contributed by atoms with Crippen LogP contribution in [0.25, 0.3) is 0 Å². The Hall–Kier alpha value is -0.970. The molecule has 1 heterocycles. The fraction of sp³-hybridized carbons (Fsp3) is 0.533. The molecule has 1 aliphatic rings. The van der Waals surface area contributed by atoms with E-state index in [-0.39, 0.29) is 11.9 Å². The van der Waals surface area contributed by atoms with Crippen molar-refractivity contribution < 1.29 is 9.53 Å². The second-order valence-electron chi connectivity index (χ2n) is 5.25. The fourth-order valence-electron chi connectivity index (χ4n) is 2.40. The Labute approximate surface area is 135 Å². The molecular weight excluding hydrogens is 311 g/mol. The van der Waals surface area contributed by atoms with E-state index in [0.29, 0.717) is 41.8 Å². The summed E-state index contributed by atoms with van der Waals surface area (Å²) in [4.78, 5) is 13.9. The van der Waals surface area contributed by atoms with Crippen LogP contribution >= 0.6 is 23.2 Å². The van der Waals surface area contributed by atoms with Crippen LogP contribution in [0.1, 0.15) is 25.7 Å². The van der Waals surface area contributed by atoms with Gasteiger partial charge in [0.25, 0.3) is 0 Å². The highest BCUT2D eigenvalue weighted by Gasteiger charge is 2.20. The van der Waals surface area contributed by atoms with E-state index in [1.165, 1.54) is 0 Å². The van der Waals surface area contributed by atoms with Crippen LogP contribution in [0.4, 0.5) is 0 Å². The number of hydrogen-bond acceptors (Lipinski definition) is 3. The maximum Gasteiger partial charge on any atom is 0.222 e. The third-order valence-corrected chi connectivity index (χ3v) is 4.32.